The van der Waals surface area contributed by atoms with Crippen molar-refractivity contribution in [3.63, 3.8) is 0 Å². The SMILES string of the molecule is C[OH+]C(C(=O)O)C1=CC=C(n2cccn2)C(C)C1. The molecule has 5 heteroatoms. The number of aliphatic hydroxyl groups is 2. The van der Waals surface area contributed by atoms with E-state index in [1.807, 2.05) is 29.1 Å². The normalized spacial score (nSPS) is 21.1. The van der Waals surface area contributed by atoms with E-state index in [0.717, 1.165) is 11.3 Å². The lowest BCUT2D eigenvalue weighted by molar-refractivity contribution is -0.158. The van der Waals surface area contributed by atoms with E-state index in [2.05, 4.69) is 16.8 Å². The van der Waals surface area contributed by atoms with Gasteiger partial charge in [-0.25, -0.2) is 9.48 Å². The molecule has 0 aliphatic heterocycles. The Morgan fingerprint density at radius 1 is 1.61 bits per heavy atom. The molecule has 1 aliphatic carbocycles. The maximum absolute atomic E-state index is 11.1. The van der Waals surface area contributed by atoms with Crippen LogP contribution in [0.15, 0.2) is 36.2 Å². The summed E-state index contributed by atoms with van der Waals surface area (Å²) in [6, 6.07) is 1.87. The van der Waals surface area contributed by atoms with Crippen molar-refractivity contribution < 1.29 is 14.6 Å². The highest BCUT2D eigenvalue weighted by molar-refractivity contribution is 5.76. The average Bonchev–Trinajstić information content (AvgIpc) is 2.83. The van der Waals surface area contributed by atoms with Crippen LogP contribution in [-0.4, -0.2) is 38.8 Å². The van der Waals surface area contributed by atoms with Crippen molar-refractivity contribution >= 4 is 11.7 Å². The maximum atomic E-state index is 11.1. The summed E-state index contributed by atoms with van der Waals surface area (Å²) >= 11 is 0. The zero-order valence-electron chi connectivity index (χ0n) is 10.4. The molecule has 96 valence electrons. The fraction of sp³-hybridized carbons (Fsp3) is 0.385. The van der Waals surface area contributed by atoms with E-state index in [4.69, 9.17) is 5.11 Å². The van der Waals surface area contributed by atoms with Crippen LogP contribution in [0, 0.1) is 5.92 Å². The van der Waals surface area contributed by atoms with Crippen LogP contribution in [-0.2, 0) is 4.79 Å². The lowest BCUT2D eigenvalue weighted by atomic mass is 9.90. The average molecular weight is 249 g/mol. The van der Waals surface area contributed by atoms with Gasteiger partial charge in [0, 0.05) is 29.6 Å². The molecule has 0 bridgehead atoms. The molecule has 1 aliphatic rings. The monoisotopic (exact) mass is 249 g/mol. The van der Waals surface area contributed by atoms with E-state index in [9.17, 15) is 4.79 Å². The summed E-state index contributed by atoms with van der Waals surface area (Å²) in [4.78, 5) is 11.1. The molecule has 0 amide bonds. The third kappa shape index (κ3) is 2.36. The summed E-state index contributed by atoms with van der Waals surface area (Å²) < 4.78 is 5.73. The highest BCUT2D eigenvalue weighted by atomic mass is 16.5. The van der Waals surface area contributed by atoms with Crippen molar-refractivity contribution in [3.8, 4) is 0 Å². The minimum Gasteiger partial charge on any atom is -0.475 e. The van der Waals surface area contributed by atoms with E-state index in [1.54, 1.807) is 6.20 Å². The van der Waals surface area contributed by atoms with Gasteiger partial charge in [0.1, 0.15) is 7.11 Å². The number of allylic oxidation sites excluding steroid dienone is 3. The summed E-state index contributed by atoms with van der Waals surface area (Å²) in [5.41, 5.74) is 1.91. The Hall–Kier alpha value is -1.88. The Balaban J connectivity index is 2.26. The van der Waals surface area contributed by atoms with Crippen molar-refractivity contribution in [2.75, 3.05) is 7.11 Å². The van der Waals surface area contributed by atoms with E-state index in [0.29, 0.717) is 6.42 Å². The zero-order valence-corrected chi connectivity index (χ0v) is 10.4. The summed E-state index contributed by atoms with van der Waals surface area (Å²) in [5, 5.41) is 13.3. The molecule has 0 fully saturated rings. The van der Waals surface area contributed by atoms with Crippen LogP contribution >= 0.6 is 0 Å². The largest absolute Gasteiger partial charge is 0.475 e. The summed E-state index contributed by atoms with van der Waals surface area (Å²) in [6.07, 6.45) is 7.36. The first kappa shape index (κ1) is 12.6. The minimum atomic E-state index is -0.896. The Bertz CT molecular complexity index is 488. The Labute approximate surface area is 105 Å². The molecule has 2 atom stereocenters. The summed E-state index contributed by atoms with van der Waals surface area (Å²) in [7, 11) is 1.54. The van der Waals surface area contributed by atoms with E-state index in [-0.39, 0.29) is 5.92 Å². The predicted octanol–water partition coefficient (Wildman–Crippen LogP) is 1.30. The van der Waals surface area contributed by atoms with Crippen molar-refractivity contribution in [2.24, 2.45) is 5.92 Å². The molecule has 1 aromatic rings. The molecule has 0 saturated carbocycles. The first-order valence-electron chi connectivity index (χ1n) is 5.86. The molecule has 5 nitrogen and oxygen atoms in total. The second-order valence-electron chi connectivity index (χ2n) is 4.39. The maximum Gasteiger partial charge on any atom is 0.389 e. The van der Waals surface area contributed by atoms with Gasteiger partial charge in [-0.05, 0) is 18.6 Å². The van der Waals surface area contributed by atoms with Crippen molar-refractivity contribution in [3.05, 3.63) is 36.2 Å². The van der Waals surface area contributed by atoms with Crippen molar-refractivity contribution in [1.82, 2.24) is 9.78 Å². The second kappa shape index (κ2) is 5.18. The number of ether oxygens (including phenoxy) is 1. The molecule has 1 aromatic heterocycles. The molecule has 0 spiro atoms. The molecule has 2 rings (SSSR count). The van der Waals surface area contributed by atoms with Crippen LogP contribution in [0.2, 0.25) is 0 Å². The predicted molar refractivity (Wildman–Crippen MR) is 67.9 cm³/mol. The number of hydrogen-bond acceptors (Lipinski definition) is 2. The number of carboxylic acids is 1. The number of carbonyl (C=O) groups is 1. The van der Waals surface area contributed by atoms with Crippen molar-refractivity contribution in [2.45, 2.75) is 19.4 Å². The molecule has 2 unspecified atom stereocenters. The summed E-state index contributed by atoms with van der Waals surface area (Å²) in [5.74, 6) is -0.666. The van der Waals surface area contributed by atoms with Gasteiger partial charge in [0.05, 0.1) is 0 Å². The van der Waals surface area contributed by atoms with Crippen LogP contribution in [0.4, 0.5) is 0 Å². The molecule has 2 N–H and O–H groups in total. The van der Waals surface area contributed by atoms with Crippen LogP contribution in [0.3, 0.4) is 0 Å². The van der Waals surface area contributed by atoms with Gasteiger partial charge >= 0.3 is 5.97 Å². The third-order valence-corrected chi connectivity index (χ3v) is 3.13. The van der Waals surface area contributed by atoms with Crippen LogP contribution < -0.4 is 0 Å². The fourth-order valence-corrected chi connectivity index (χ4v) is 2.24. The van der Waals surface area contributed by atoms with Gasteiger partial charge in [-0.1, -0.05) is 13.0 Å². The molecule has 0 aromatic carbocycles. The number of rotatable bonds is 4. The van der Waals surface area contributed by atoms with Gasteiger partial charge in [0.2, 0.25) is 0 Å². The molecular weight excluding hydrogens is 232 g/mol. The van der Waals surface area contributed by atoms with Gasteiger partial charge in [0.25, 0.3) is 6.10 Å². The topological polar surface area (TPSA) is 67.9 Å². The van der Waals surface area contributed by atoms with E-state index in [1.165, 1.54) is 7.11 Å². The van der Waals surface area contributed by atoms with E-state index >= 15 is 0 Å². The highest BCUT2D eigenvalue weighted by Crippen LogP contribution is 2.29. The first-order valence-corrected chi connectivity index (χ1v) is 5.86. The van der Waals surface area contributed by atoms with Gasteiger partial charge < -0.3 is 9.84 Å². The Kier molecular flexibility index (Phi) is 3.62. The van der Waals surface area contributed by atoms with Gasteiger partial charge in [-0.15, -0.1) is 0 Å². The quantitative estimate of drug-likeness (QED) is 0.818. The van der Waals surface area contributed by atoms with Gasteiger partial charge in [-0.2, -0.15) is 5.10 Å². The standard InChI is InChI=1S/C13H16N2O3/c1-9-8-10(12(18-2)13(16)17)4-5-11(9)15-7-3-6-14-15/h3-7,9,12H,8H2,1-2H3,(H,16,17)/p+1. The zero-order chi connectivity index (χ0) is 13.1. The van der Waals surface area contributed by atoms with Gasteiger partial charge in [-0.3, -0.25) is 0 Å². The van der Waals surface area contributed by atoms with Crippen molar-refractivity contribution in [1.29, 1.82) is 0 Å². The number of aromatic nitrogens is 2. The Morgan fingerprint density at radius 3 is 2.89 bits per heavy atom. The molecule has 0 radical (unpaired) electrons. The van der Waals surface area contributed by atoms with E-state index < -0.39 is 12.1 Å². The molecule has 18 heavy (non-hydrogen) atoms. The lowest BCUT2D eigenvalue weighted by Gasteiger charge is -2.22. The number of carboxylic acid groups (broad SMARTS) is 1. The minimum absolute atomic E-state index is 0.230. The molecule has 1 heterocycles. The highest BCUT2D eigenvalue weighted by Gasteiger charge is 2.30. The Morgan fingerprint density at radius 2 is 2.39 bits per heavy atom. The molecule has 0 saturated heterocycles. The second-order valence-corrected chi connectivity index (χ2v) is 4.39. The molecular formula is C13H17N2O3+. The summed E-state index contributed by atoms with van der Waals surface area (Å²) in [6.45, 7) is 2.06. The van der Waals surface area contributed by atoms with Crippen LogP contribution in [0.25, 0.3) is 5.70 Å². The van der Waals surface area contributed by atoms with Gasteiger partial charge in [0.15, 0.2) is 0 Å². The first-order chi connectivity index (χ1) is 8.63. The smallest absolute Gasteiger partial charge is 0.389 e. The third-order valence-electron chi connectivity index (χ3n) is 3.13. The number of nitrogens with zero attached hydrogens (tertiary/aromatic N) is 2. The van der Waals surface area contributed by atoms with Crippen LogP contribution in [0.1, 0.15) is 13.3 Å². The van der Waals surface area contributed by atoms with Crippen LogP contribution in [0.5, 0.6) is 0 Å². The fourth-order valence-electron chi connectivity index (χ4n) is 2.24. The number of aliphatic carboxylic acids is 1. The lowest BCUT2D eigenvalue weighted by Crippen LogP contribution is -2.29. The number of hydrogen-bond donors (Lipinski definition) is 1.